The van der Waals surface area contributed by atoms with Crippen LogP contribution in [0.25, 0.3) is 0 Å². The third kappa shape index (κ3) is 2.17. The van der Waals surface area contributed by atoms with Crippen LogP contribution >= 0.6 is 15.9 Å². The normalized spacial score (nSPS) is 15.9. The maximum atomic E-state index is 8.84. The first-order chi connectivity index (χ1) is 7.22. The molecule has 0 radical (unpaired) electrons. The fourth-order valence-electron chi connectivity index (χ4n) is 1.80. The Balaban J connectivity index is 2.30. The average Bonchev–Trinajstić information content (AvgIpc) is 2.66. The average molecular weight is 272 g/mol. The largest absolute Gasteiger partial charge is 0.492 e. The molecule has 0 saturated heterocycles. The minimum Gasteiger partial charge on any atom is -0.492 e. The Morgan fingerprint density at radius 3 is 3.07 bits per heavy atom. The first kappa shape index (κ1) is 10.9. The Kier molecular flexibility index (Phi) is 3.29. The quantitative estimate of drug-likeness (QED) is 0.881. The molecule has 3 N–H and O–H groups in total. The summed E-state index contributed by atoms with van der Waals surface area (Å²) in [5, 5.41) is 8.84. The molecule has 0 bridgehead atoms. The number of aliphatic hydroxyl groups excluding tert-OH is 1. The molecule has 0 aromatic heterocycles. The third-order valence-corrected chi connectivity index (χ3v) is 3.22. The van der Waals surface area contributed by atoms with Crippen LogP contribution in [-0.2, 0) is 6.42 Å². The second-order valence-corrected chi connectivity index (χ2v) is 4.56. The monoisotopic (exact) mass is 271 g/mol. The van der Waals surface area contributed by atoms with E-state index in [9.17, 15) is 0 Å². The van der Waals surface area contributed by atoms with Gasteiger partial charge in [-0.05, 0) is 39.5 Å². The number of nitrogens with two attached hydrogens (primary N) is 1. The van der Waals surface area contributed by atoms with E-state index in [0.717, 1.165) is 28.8 Å². The van der Waals surface area contributed by atoms with Gasteiger partial charge in [0.15, 0.2) is 0 Å². The Morgan fingerprint density at radius 2 is 2.33 bits per heavy atom. The van der Waals surface area contributed by atoms with E-state index in [1.54, 1.807) is 0 Å². The van der Waals surface area contributed by atoms with E-state index in [1.165, 1.54) is 5.56 Å². The minimum atomic E-state index is -0.0998. The van der Waals surface area contributed by atoms with Gasteiger partial charge in [0.25, 0.3) is 0 Å². The lowest BCUT2D eigenvalue weighted by atomic mass is 10.0. The van der Waals surface area contributed by atoms with Crippen molar-refractivity contribution in [3.63, 3.8) is 0 Å². The highest BCUT2D eigenvalue weighted by Gasteiger charge is 2.18. The van der Waals surface area contributed by atoms with Crippen molar-refractivity contribution in [2.24, 2.45) is 5.73 Å². The maximum Gasteiger partial charge on any atom is 0.136 e. The van der Waals surface area contributed by atoms with Crippen LogP contribution in [-0.4, -0.2) is 18.3 Å². The van der Waals surface area contributed by atoms with E-state index in [4.69, 9.17) is 15.6 Å². The number of ether oxygens (including phenoxy) is 1. The van der Waals surface area contributed by atoms with Crippen LogP contribution in [0.3, 0.4) is 0 Å². The molecule has 3 nitrogen and oxygen atoms in total. The van der Waals surface area contributed by atoms with E-state index in [2.05, 4.69) is 22.0 Å². The molecule has 0 fully saturated rings. The molecule has 1 atom stereocenters. The fourth-order valence-corrected chi connectivity index (χ4v) is 2.44. The highest BCUT2D eigenvalue weighted by atomic mass is 79.9. The van der Waals surface area contributed by atoms with E-state index in [1.807, 2.05) is 6.07 Å². The molecule has 2 rings (SSSR count). The minimum absolute atomic E-state index is 0.0998. The molecular weight excluding hydrogens is 258 g/mol. The Bertz CT molecular complexity index is 368. The molecule has 1 unspecified atom stereocenters. The van der Waals surface area contributed by atoms with Gasteiger partial charge in [-0.2, -0.15) is 0 Å². The van der Waals surface area contributed by atoms with Gasteiger partial charge in [-0.25, -0.2) is 0 Å². The zero-order valence-corrected chi connectivity index (χ0v) is 9.96. The van der Waals surface area contributed by atoms with Gasteiger partial charge >= 0.3 is 0 Å². The molecule has 1 aliphatic rings. The van der Waals surface area contributed by atoms with Gasteiger partial charge in [0.1, 0.15) is 5.75 Å². The smallest absolute Gasteiger partial charge is 0.136 e. The lowest BCUT2D eigenvalue weighted by molar-refractivity contribution is 0.276. The Hall–Kier alpha value is -0.580. The van der Waals surface area contributed by atoms with Crippen molar-refractivity contribution in [1.82, 2.24) is 0 Å². The zero-order chi connectivity index (χ0) is 10.8. The van der Waals surface area contributed by atoms with Gasteiger partial charge in [-0.15, -0.1) is 0 Å². The van der Waals surface area contributed by atoms with Crippen LogP contribution in [0.1, 0.15) is 23.6 Å². The summed E-state index contributed by atoms with van der Waals surface area (Å²) in [6, 6.07) is 3.95. The molecule has 0 saturated carbocycles. The van der Waals surface area contributed by atoms with Crippen LogP contribution < -0.4 is 10.5 Å². The van der Waals surface area contributed by atoms with Gasteiger partial charge in [0, 0.05) is 19.1 Å². The first-order valence-electron chi connectivity index (χ1n) is 5.04. The summed E-state index contributed by atoms with van der Waals surface area (Å²) in [4.78, 5) is 0. The molecule has 4 heteroatoms. The lowest BCUT2D eigenvalue weighted by Crippen LogP contribution is -2.12. The molecule has 0 spiro atoms. The van der Waals surface area contributed by atoms with Crippen LogP contribution in [0.5, 0.6) is 5.75 Å². The molecular formula is C11H14BrNO2. The third-order valence-electron chi connectivity index (χ3n) is 2.63. The van der Waals surface area contributed by atoms with E-state index >= 15 is 0 Å². The fraction of sp³-hybridized carbons (Fsp3) is 0.455. The summed E-state index contributed by atoms with van der Waals surface area (Å²) in [5.41, 5.74) is 8.20. The van der Waals surface area contributed by atoms with Gasteiger partial charge in [0.05, 0.1) is 11.1 Å². The van der Waals surface area contributed by atoms with Gasteiger partial charge in [-0.1, -0.05) is 6.07 Å². The van der Waals surface area contributed by atoms with Crippen LogP contribution in [0.15, 0.2) is 16.6 Å². The number of hydrogen-bond acceptors (Lipinski definition) is 3. The van der Waals surface area contributed by atoms with Crippen molar-refractivity contribution < 1.29 is 9.84 Å². The summed E-state index contributed by atoms with van der Waals surface area (Å²) in [6.45, 7) is 0.860. The topological polar surface area (TPSA) is 55.5 Å². The van der Waals surface area contributed by atoms with Gasteiger partial charge in [0.2, 0.25) is 0 Å². The molecule has 1 aromatic carbocycles. The Labute approximate surface area is 97.4 Å². The Morgan fingerprint density at radius 1 is 1.53 bits per heavy atom. The van der Waals surface area contributed by atoms with E-state index < -0.39 is 0 Å². The molecule has 82 valence electrons. The number of aliphatic hydroxyl groups is 1. The second kappa shape index (κ2) is 4.51. The molecule has 0 aliphatic carbocycles. The highest BCUT2D eigenvalue weighted by Crippen LogP contribution is 2.36. The predicted octanol–water partition coefficient (Wildman–Crippen LogP) is 1.77. The van der Waals surface area contributed by atoms with Crippen molar-refractivity contribution >= 4 is 15.9 Å². The first-order valence-corrected chi connectivity index (χ1v) is 5.83. The number of rotatable bonds is 3. The van der Waals surface area contributed by atoms with Crippen molar-refractivity contribution in [2.45, 2.75) is 18.9 Å². The lowest BCUT2D eigenvalue weighted by Gasteiger charge is -2.12. The number of hydrogen-bond donors (Lipinski definition) is 2. The summed E-state index contributed by atoms with van der Waals surface area (Å²) in [5.74, 6) is 0.940. The number of benzene rings is 1. The summed E-state index contributed by atoms with van der Waals surface area (Å²) in [7, 11) is 0. The maximum absolute atomic E-state index is 8.84. The van der Waals surface area contributed by atoms with E-state index in [0.29, 0.717) is 6.42 Å². The molecule has 0 amide bonds. The standard InChI is InChI=1S/C11H14BrNO2/c12-9-6-8(10(13)1-3-14)5-7-2-4-15-11(7)9/h5-6,10,14H,1-4,13H2. The summed E-state index contributed by atoms with van der Waals surface area (Å²) in [6.07, 6.45) is 1.53. The molecule has 1 aromatic rings. The van der Waals surface area contributed by atoms with Crippen molar-refractivity contribution in [1.29, 1.82) is 0 Å². The predicted molar refractivity (Wildman–Crippen MR) is 62.0 cm³/mol. The molecule has 15 heavy (non-hydrogen) atoms. The number of halogens is 1. The SMILES string of the molecule is NC(CCO)c1cc(Br)c2c(c1)CCO2. The van der Waals surface area contributed by atoms with Gasteiger partial charge in [-0.3, -0.25) is 0 Å². The van der Waals surface area contributed by atoms with Crippen LogP contribution in [0, 0.1) is 0 Å². The van der Waals surface area contributed by atoms with Crippen molar-refractivity contribution in [3.8, 4) is 5.75 Å². The second-order valence-electron chi connectivity index (χ2n) is 3.71. The molecule has 1 aliphatic heterocycles. The van der Waals surface area contributed by atoms with Gasteiger partial charge < -0.3 is 15.6 Å². The summed E-state index contributed by atoms with van der Waals surface area (Å²) < 4.78 is 6.45. The van der Waals surface area contributed by atoms with Crippen LogP contribution in [0.4, 0.5) is 0 Å². The zero-order valence-electron chi connectivity index (χ0n) is 8.37. The summed E-state index contributed by atoms with van der Waals surface area (Å²) >= 11 is 3.47. The highest BCUT2D eigenvalue weighted by molar-refractivity contribution is 9.10. The van der Waals surface area contributed by atoms with Crippen molar-refractivity contribution in [3.05, 3.63) is 27.7 Å². The van der Waals surface area contributed by atoms with Crippen LogP contribution in [0.2, 0.25) is 0 Å². The van der Waals surface area contributed by atoms with Crippen molar-refractivity contribution in [2.75, 3.05) is 13.2 Å². The molecule has 1 heterocycles. The van der Waals surface area contributed by atoms with E-state index in [-0.39, 0.29) is 12.6 Å². The number of fused-ring (bicyclic) bond motifs is 1.